The van der Waals surface area contributed by atoms with E-state index >= 15 is 0 Å². The zero-order valence-electron chi connectivity index (χ0n) is 5.98. The Kier molecular flexibility index (Phi) is 4.69. The second-order valence-electron chi connectivity index (χ2n) is 1.53. The number of ether oxygens (including phenoxy) is 1. The SMILES string of the molecule is O=S(=O)(O)OCOCOS(=O)(=O)O. The summed E-state index contributed by atoms with van der Waals surface area (Å²) in [7, 11) is -9.27. The Labute approximate surface area is 74.1 Å². The van der Waals surface area contributed by atoms with Crippen molar-refractivity contribution in [2.24, 2.45) is 0 Å². The third-order valence-electron chi connectivity index (χ3n) is 0.561. The lowest BCUT2D eigenvalue weighted by molar-refractivity contribution is -0.0552. The Morgan fingerprint density at radius 3 is 1.38 bits per heavy atom. The maximum atomic E-state index is 9.84. The minimum Gasteiger partial charge on any atom is -0.327 e. The number of hydrogen-bond donors (Lipinski definition) is 2. The lowest BCUT2D eigenvalue weighted by Crippen LogP contribution is -2.12. The molecule has 0 aromatic rings. The van der Waals surface area contributed by atoms with Crippen molar-refractivity contribution in [1.29, 1.82) is 0 Å². The van der Waals surface area contributed by atoms with E-state index in [1.54, 1.807) is 0 Å². The van der Waals surface area contributed by atoms with E-state index in [0.717, 1.165) is 0 Å². The summed E-state index contributed by atoms with van der Waals surface area (Å²) in [6, 6.07) is 0. The molecule has 0 rings (SSSR count). The van der Waals surface area contributed by atoms with Gasteiger partial charge in [-0.05, 0) is 0 Å². The predicted octanol–water partition coefficient (Wildman–Crippen LogP) is -1.44. The van der Waals surface area contributed by atoms with Crippen LogP contribution >= 0.6 is 0 Å². The van der Waals surface area contributed by atoms with E-state index in [-0.39, 0.29) is 0 Å². The molecule has 0 aliphatic heterocycles. The van der Waals surface area contributed by atoms with E-state index in [2.05, 4.69) is 13.1 Å². The standard InChI is InChI=1S/C2H6O9S2/c3-12(4,5)10-1-9-2-11-13(6,7)8/h1-2H2,(H,3,4,5)(H,6,7,8). The maximum absolute atomic E-state index is 9.84. The molecule has 0 unspecified atom stereocenters. The van der Waals surface area contributed by atoms with Gasteiger partial charge < -0.3 is 4.74 Å². The van der Waals surface area contributed by atoms with E-state index in [1.165, 1.54) is 0 Å². The molecule has 0 aromatic heterocycles. The van der Waals surface area contributed by atoms with Gasteiger partial charge >= 0.3 is 20.8 Å². The van der Waals surface area contributed by atoms with E-state index in [9.17, 15) is 16.8 Å². The zero-order valence-corrected chi connectivity index (χ0v) is 7.62. The quantitative estimate of drug-likeness (QED) is 0.323. The van der Waals surface area contributed by atoms with Crippen LogP contribution in [0.3, 0.4) is 0 Å². The Morgan fingerprint density at radius 1 is 0.846 bits per heavy atom. The van der Waals surface area contributed by atoms with Crippen molar-refractivity contribution in [3.63, 3.8) is 0 Å². The summed E-state index contributed by atoms with van der Waals surface area (Å²) in [5.74, 6) is 0. The van der Waals surface area contributed by atoms with Gasteiger partial charge in [0.25, 0.3) is 0 Å². The fourth-order valence-corrected chi connectivity index (χ4v) is 0.603. The molecule has 0 amide bonds. The van der Waals surface area contributed by atoms with Crippen molar-refractivity contribution in [3.8, 4) is 0 Å². The number of rotatable bonds is 6. The van der Waals surface area contributed by atoms with E-state index in [1.807, 2.05) is 0 Å². The van der Waals surface area contributed by atoms with Crippen LogP contribution in [0, 0.1) is 0 Å². The van der Waals surface area contributed by atoms with Crippen LogP contribution in [0.25, 0.3) is 0 Å². The van der Waals surface area contributed by atoms with Crippen LogP contribution in [-0.2, 0) is 33.9 Å². The van der Waals surface area contributed by atoms with E-state index < -0.39 is 34.4 Å². The molecule has 13 heavy (non-hydrogen) atoms. The van der Waals surface area contributed by atoms with Crippen LogP contribution in [0.1, 0.15) is 0 Å². The molecule has 0 radical (unpaired) electrons. The van der Waals surface area contributed by atoms with Crippen molar-refractivity contribution < 1.29 is 39.0 Å². The van der Waals surface area contributed by atoms with Gasteiger partial charge in [0, 0.05) is 0 Å². The third kappa shape index (κ3) is 11.7. The topological polar surface area (TPSA) is 136 Å². The third-order valence-corrected chi connectivity index (χ3v) is 1.35. The summed E-state index contributed by atoms with van der Waals surface area (Å²) in [4.78, 5) is 0. The van der Waals surface area contributed by atoms with Gasteiger partial charge in [-0.25, -0.2) is 8.37 Å². The first-order valence-electron chi connectivity index (χ1n) is 2.52. The Bertz CT molecular complexity index is 289. The van der Waals surface area contributed by atoms with E-state index in [0.29, 0.717) is 0 Å². The molecule has 0 aliphatic carbocycles. The first kappa shape index (κ1) is 12.7. The normalized spacial score (nSPS) is 13.1. The molecule has 0 aliphatic rings. The predicted molar refractivity (Wildman–Crippen MR) is 36.1 cm³/mol. The second kappa shape index (κ2) is 4.80. The van der Waals surface area contributed by atoms with Crippen LogP contribution < -0.4 is 0 Å². The molecule has 0 atom stereocenters. The first-order chi connectivity index (χ1) is 5.71. The summed E-state index contributed by atoms with van der Waals surface area (Å²) < 4.78 is 66.5. The van der Waals surface area contributed by atoms with Crippen molar-refractivity contribution >= 4 is 20.8 Å². The maximum Gasteiger partial charge on any atom is 0.399 e. The number of hydrogen-bond acceptors (Lipinski definition) is 7. The Morgan fingerprint density at radius 2 is 1.15 bits per heavy atom. The average Bonchev–Trinajstić information content (AvgIpc) is 1.81. The highest BCUT2D eigenvalue weighted by Crippen LogP contribution is 1.90. The van der Waals surface area contributed by atoms with Crippen LogP contribution in [0.15, 0.2) is 0 Å². The van der Waals surface area contributed by atoms with Gasteiger partial charge in [-0.15, -0.1) is 0 Å². The highest BCUT2D eigenvalue weighted by atomic mass is 32.3. The van der Waals surface area contributed by atoms with E-state index in [4.69, 9.17) is 9.11 Å². The Balaban J connectivity index is 3.50. The molecule has 80 valence electrons. The van der Waals surface area contributed by atoms with Gasteiger partial charge in [-0.2, -0.15) is 16.8 Å². The fourth-order valence-electron chi connectivity index (χ4n) is 0.224. The first-order valence-corrected chi connectivity index (χ1v) is 5.25. The molecule has 0 aromatic carbocycles. The molecule has 11 heteroatoms. The lowest BCUT2D eigenvalue weighted by atomic mass is 11.4. The molecular formula is C2H6O9S2. The summed E-state index contributed by atoms with van der Waals surface area (Å²) in [5, 5.41) is 0. The molecule has 0 bridgehead atoms. The van der Waals surface area contributed by atoms with Gasteiger partial charge in [0.15, 0.2) is 13.6 Å². The molecule has 9 nitrogen and oxygen atoms in total. The highest BCUT2D eigenvalue weighted by molar-refractivity contribution is 7.81. The average molecular weight is 238 g/mol. The lowest BCUT2D eigenvalue weighted by Gasteiger charge is -2.01. The summed E-state index contributed by atoms with van der Waals surface area (Å²) in [5.41, 5.74) is 0. The van der Waals surface area contributed by atoms with Crippen molar-refractivity contribution in [2.45, 2.75) is 0 Å². The van der Waals surface area contributed by atoms with Crippen LogP contribution in [-0.4, -0.2) is 39.5 Å². The van der Waals surface area contributed by atoms with Gasteiger partial charge in [0.2, 0.25) is 0 Å². The molecule has 0 saturated heterocycles. The van der Waals surface area contributed by atoms with Crippen molar-refractivity contribution in [3.05, 3.63) is 0 Å². The van der Waals surface area contributed by atoms with Gasteiger partial charge in [0.05, 0.1) is 0 Å². The molecule has 0 spiro atoms. The van der Waals surface area contributed by atoms with Gasteiger partial charge in [0.1, 0.15) is 0 Å². The largest absolute Gasteiger partial charge is 0.399 e. The molecule has 0 fully saturated rings. The van der Waals surface area contributed by atoms with Gasteiger partial charge in [-0.3, -0.25) is 9.11 Å². The molecular weight excluding hydrogens is 232 g/mol. The second-order valence-corrected chi connectivity index (χ2v) is 3.71. The van der Waals surface area contributed by atoms with Crippen LogP contribution in [0.4, 0.5) is 0 Å². The molecule has 2 N–H and O–H groups in total. The summed E-state index contributed by atoms with van der Waals surface area (Å²) in [6.45, 7) is -1.87. The Hall–Kier alpha value is -0.300. The molecule has 0 heterocycles. The van der Waals surface area contributed by atoms with Gasteiger partial charge in [-0.1, -0.05) is 0 Å². The monoisotopic (exact) mass is 238 g/mol. The van der Waals surface area contributed by atoms with Crippen LogP contribution in [0.2, 0.25) is 0 Å². The minimum absolute atomic E-state index is 0.936. The van der Waals surface area contributed by atoms with Crippen LogP contribution in [0.5, 0.6) is 0 Å². The smallest absolute Gasteiger partial charge is 0.327 e. The van der Waals surface area contributed by atoms with Crippen molar-refractivity contribution in [1.82, 2.24) is 0 Å². The minimum atomic E-state index is -4.63. The molecule has 0 saturated carbocycles. The van der Waals surface area contributed by atoms with Crippen molar-refractivity contribution in [2.75, 3.05) is 13.6 Å². The summed E-state index contributed by atoms with van der Waals surface area (Å²) in [6.07, 6.45) is 0. The zero-order chi connectivity index (χ0) is 10.5. The summed E-state index contributed by atoms with van der Waals surface area (Å²) >= 11 is 0. The highest BCUT2D eigenvalue weighted by Gasteiger charge is 2.06. The fraction of sp³-hybridized carbons (Fsp3) is 1.00.